The van der Waals surface area contributed by atoms with E-state index in [1.165, 1.54) is 11.5 Å². The molecule has 7 heteroatoms. The lowest BCUT2D eigenvalue weighted by atomic mass is 10.1. The maximum absolute atomic E-state index is 10.5. The lowest BCUT2D eigenvalue weighted by Gasteiger charge is -2.11. The molecule has 0 aliphatic rings. The first-order chi connectivity index (χ1) is 9.62. The van der Waals surface area contributed by atoms with Crippen molar-refractivity contribution in [2.45, 2.75) is 52.7 Å². The molecule has 1 unspecified atom stereocenters. The van der Waals surface area contributed by atoms with Gasteiger partial charge in [0.1, 0.15) is 0 Å². The summed E-state index contributed by atoms with van der Waals surface area (Å²) in [5.41, 5.74) is 2.95. The van der Waals surface area contributed by atoms with Gasteiger partial charge < -0.3 is 5.11 Å². The van der Waals surface area contributed by atoms with Gasteiger partial charge in [-0.1, -0.05) is 18.3 Å². The number of nitrogens with zero attached hydrogens (tertiary/aromatic N) is 4. The van der Waals surface area contributed by atoms with Gasteiger partial charge in [0.25, 0.3) is 0 Å². The maximum atomic E-state index is 10.5. The van der Waals surface area contributed by atoms with Gasteiger partial charge in [0.2, 0.25) is 0 Å². The number of hydrogen-bond donors (Lipinski definition) is 1. The van der Waals surface area contributed by atoms with E-state index in [-0.39, 0.29) is 0 Å². The Morgan fingerprint density at radius 1 is 1.25 bits per heavy atom. The van der Waals surface area contributed by atoms with Crippen molar-refractivity contribution >= 4 is 27.5 Å². The Morgan fingerprint density at radius 2 is 1.95 bits per heavy atom. The molecule has 2 aromatic heterocycles. The molecule has 2 heterocycles. The average molecular weight is 359 g/mol. The highest BCUT2D eigenvalue weighted by Crippen LogP contribution is 2.29. The highest BCUT2D eigenvalue weighted by Gasteiger charge is 2.21. The van der Waals surface area contributed by atoms with E-state index in [0.29, 0.717) is 6.42 Å². The van der Waals surface area contributed by atoms with Gasteiger partial charge in [0.05, 0.1) is 32.5 Å². The Labute approximate surface area is 131 Å². The van der Waals surface area contributed by atoms with Crippen molar-refractivity contribution in [2.24, 2.45) is 0 Å². The van der Waals surface area contributed by atoms with Gasteiger partial charge in [-0.15, -0.1) is 5.10 Å². The number of aromatic nitrogens is 4. The topological polar surface area (TPSA) is 63.8 Å². The Kier molecular flexibility index (Phi) is 5.29. The molecule has 2 rings (SSSR count). The van der Waals surface area contributed by atoms with Crippen LogP contribution < -0.4 is 0 Å². The first-order valence-electron chi connectivity index (χ1n) is 6.85. The van der Waals surface area contributed by atoms with Crippen LogP contribution in [-0.4, -0.2) is 24.5 Å². The summed E-state index contributed by atoms with van der Waals surface area (Å²) in [5.74, 6) is 0. The van der Waals surface area contributed by atoms with Crippen molar-refractivity contribution < 1.29 is 5.11 Å². The smallest absolute Gasteiger partial charge is 0.0972 e. The second-order valence-electron chi connectivity index (χ2n) is 4.53. The third kappa shape index (κ3) is 2.94. The van der Waals surface area contributed by atoms with Gasteiger partial charge in [0.15, 0.2) is 0 Å². The normalized spacial score (nSPS) is 12.8. The summed E-state index contributed by atoms with van der Waals surface area (Å²) in [4.78, 5) is 0.862. The first-order valence-corrected chi connectivity index (χ1v) is 8.42. The molecule has 20 heavy (non-hydrogen) atoms. The number of halogens is 1. The third-order valence-electron chi connectivity index (χ3n) is 3.30. The predicted molar refractivity (Wildman–Crippen MR) is 82.9 cm³/mol. The molecule has 1 N–H and O–H groups in total. The summed E-state index contributed by atoms with van der Waals surface area (Å²) in [6, 6.07) is 0. The Morgan fingerprint density at radius 3 is 2.55 bits per heavy atom. The van der Waals surface area contributed by atoms with Gasteiger partial charge in [-0.25, -0.2) is 0 Å². The molecule has 0 amide bonds. The fourth-order valence-electron chi connectivity index (χ4n) is 2.20. The number of aryl methyl sites for hydroxylation is 3. The number of rotatable bonds is 6. The summed E-state index contributed by atoms with van der Waals surface area (Å²) < 4.78 is 6.90. The molecule has 0 saturated carbocycles. The molecule has 0 aliphatic carbocycles. The second-order valence-corrected chi connectivity index (χ2v) is 6.11. The maximum Gasteiger partial charge on any atom is 0.0972 e. The van der Waals surface area contributed by atoms with E-state index in [2.05, 4.69) is 44.5 Å². The molecule has 0 radical (unpaired) electrons. The SMILES string of the molecule is CCc1nnsc1C(O)Cc1c(Br)c(CC)nn1CC. The summed E-state index contributed by atoms with van der Waals surface area (Å²) in [5, 5.41) is 19.1. The Bertz CT molecular complexity index is 581. The van der Waals surface area contributed by atoms with E-state index in [1.807, 2.05) is 11.6 Å². The molecule has 0 spiro atoms. The molecule has 1 atom stereocenters. The summed E-state index contributed by atoms with van der Waals surface area (Å²) >= 11 is 4.89. The van der Waals surface area contributed by atoms with Crippen LogP contribution >= 0.6 is 27.5 Å². The zero-order chi connectivity index (χ0) is 14.7. The molecule has 0 aliphatic heterocycles. The van der Waals surface area contributed by atoms with E-state index < -0.39 is 6.10 Å². The zero-order valence-corrected chi connectivity index (χ0v) is 14.3. The van der Waals surface area contributed by atoms with Crippen LogP contribution in [0.2, 0.25) is 0 Å². The van der Waals surface area contributed by atoms with Gasteiger partial charge in [0, 0.05) is 13.0 Å². The van der Waals surface area contributed by atoms with E-state index in [0.717, 1.165) is 45.8 Å². The minimum Gasteiger partial charge on any atom is -0.387 e. The van der Waals surface area contributed by atoms with Crippen LogP contribution in [-0.2, 0) is 25.8 Å². The van der Waals surface area contributed by atoms with Crippen LogP contribution in [0, 0.1) is 0 Å². The van der Waals surface area contributed by atoms with Crippen molar-refractivity contribution in [2.75, 3.05) is 0 Å². The van der Waals surface area contributed by atoms with Crippen LogP contribution in [0.5, 0.6) is 0 Å². The molecule has 0 fully saturated rings. The average Bonchev–Trinajstić information content (AvgIpc) is 3.04. The molecular weight excluding hydrogens is 340 g/mol. The summed E-state index contributed by atoms with van der Waals surface area (Å²) in [6.07, 6.45) is 1.61. The monoisotopic (exact) mass is 358 g/mol. The number of hydrogen-bond acceptors (Lipinski definition) is 5. The third-order valence-corrected chi connectivity index (χ3v) is 5.09. The minimum atomic E-state index is -0.576. The molecule has 0 bridgehead atoms. The lowest BCUT2D eigenvalue weighted by molar-refractivity contribution is 0.177. The molecule has 110 valence electrons. The fourth-order valence-corrected chi connectivity index (χ4v) is 3.65. The van der Waals surface area contributed by atoms with Crippen LogP contribution in [0.15, 0.2) is 4.47 Å². The molecule has 0 aromatic carbocycles. The van der Waals surface area contributed by atoms with Gasteiger partial charge in [-0.2, -0.15) is 5.10 Å². The van der Waals surface area contributed by atoms with Crippen LogP contribution in [0.3, 0.4) is 0 Å². The van der Waals surface area contributed by atoms with Gasteiger partial charge >= 0.3 is 0 Å². The summed E-state index contributed by atoms with van der Waals surface area (Å²) in [7, 11) is 0. The van der Waals surface area contributed by atoms with E-state index >= 15 is 0 Å². The molecule has 2 aromatic rings. The largest absolute Gasteiger partial charge is 0.387 e. The van der Waals surface area contributed by atoms with Gasteiger partial charge in [-0.3, -0.25) is 4.68 Å². The van der Waals surface area contributed by atoms with Crippen molar-refractivity contribution in [1.82, 2.24) is 19.4 Å². The minimum absolute atomic E-state index is 0.526. The molecule has 0 saturated heterocycles. The highest BCUT2D eigenvalue weighted by atomic mass is 79.9. The Hall–Kier alpha value is -0.790. The summed E-state index contributed by atoms with van der Waals surface area (Å²) in [6.45, 7) is 6.95. The zero-order valence-electron chi connectivity index (χ0n) is 11.9. The van der Waals surface area contributed by atoms with Crippen molar-refractivity contribution in [3.05, 3.63) is 26.4 Å². The predicted octanol–water partition coefficient (Wildman–Crippen LogP) is 2.92. The fraction of sp³-hybridized carbons (Fsp3) is 0.615. The molecule has 5 nitrogen and oxygen atoms in total. The highest BCUT2D eigenvalue weighted by molar-refractivity contribution is 9.10. The van der Waals surface area contributed by atoms with E-state index in [9.17, 15) is 5.11 Å². The van der Waals surface area contributed by atoms with Crippen LogP contribution in [0.25, 0.3) is 0 Å². The lowest BCUT2D eigenvalue weighted by Crippen LogP contribution is -2.09. The first kappa shape index (κ1) is 15.6. The van der Waals surface area contributed by atoms with E-state index in [1.54, 1.807) is 0 Å². The van der Waals surface area contributed by atoms with Crippen molar-refractivity contribution in [1.29, 1.82) is 0 Å². The van der Waals surface area contributed by atoms with Crippen LogP contribution in [0.4, 0.5) is 0 Å². The van der Waals surface area contributed by atoms with Crippen molar-refractivity contribution in [3.63, 3.8) is 0 Å². The Balaban J connectivity index is 2.27. The van der Waals surface area contributed by atoms with E-state index in [4.69, 9.17) is 0 Å². The number of aliphatic hydroxyl groups is 1. The molecular formula is C13H19BrN4OS. The second kappa shape index (κ2) is 6.78. The quantitative estimate of drug-likeness (QED) is 0.861. The van der Waals surface area contributed by atoms with Crippen molar-refractivity contribution in [3.8, 4) is 0 Å². The standard InChI is InChI=1S/C13H19BrN4OS/c1-4-8-12(14)10(18(6-3)16-8)7-11(19)13-9(5-2)15-17-20-13/h11,19H,4-7H2,1-3H3. The number of aliphatic hydroxyl groups excluding tert-OH is 1. The van der Waals surface area contributed by atoms with Crippen LogP contribution in [0.1, 0.15) is 48.8 Å². The van der Waals surface area contributed by atoms with Gasteiger partial charge in [-0.05, 0) is 47.2 Å².